The van der Waals surface area contributed by atoms with E-state index < -0.39 is 19.9 Å². The van der Waals surface area contributed by atoms with E-state index in [2.05, 4.69) is 75.3 Å². The first kappa shape index (κ1) is 23.1. The molecule has 2 bridgehead atoms. The summed E-state index contributed by atoms with van der Waals surface area (Å²) in [5.41, 5.74) is 2.41. The topological polar surface area (TPSA) is 46.5 Å². The van der Waals surface area contributed by atoms with Crippen LogP contribution in [0.1, 0.15) is 88.5 Å². The lowest BCUT2D eigenvalue weighted by Crippen LogP contribution is -2.76. The minimum absolute atomic E-state index is 0.0791. The molecule has 0 aromatic carbocycles. The van der Waals surface area contributed by atoms with E-state index >= 15 is 0 Å². The molecule has 0 spiro atoms. The van der Waals surface area contributed by atoms with Crippen LogP contribution >= 0.6 is 0 Å². The van der Waals surface area contributed by atoms with Gasteiger partial charge in [0, 0.05) is 11.3 Å². The first-order valence-electron chi connectivity index (χ1n) is 11.8. The molecule has 0 aromatic heterocycles. The summed E-state index contributed by atoms with van der Waals surface area (Å²) < 4.78 is 7.60. The third-order valence-electron chi connectivity index (χ3n) is 9.25. The maximum Gasteiger partial charge on any atom is 0.309 e. The fraction of sp³-hybridized carbons (Fsp3) is 0.880. The fourth-order valence-electron chi connectivity index (χ4n) is 8.17. The van der Waals surface area contributed by atoms with Crippen LogP contribution in [0.2, 0.25) is 16.6 Å². The van der Waals surface area contributed by atoms with Gasteiger partial charge in [0.1, 0.15) is 0 Å². The van der Waals surface area contributed by atoms with E-state index in [1.807, 2.05) is 0 Å². The van der Waals surface area contributed by atoms with E-state index in [9.17, 15) is 9.90 Å². The number of carbonyl (C=O) groups is 1. The first-order chi connectivity index (χ1) is 13.2. The first-order valence-corrected chi connectivity index (χ1v) is 13.9. The Kier molecular flexibility index (Phi) is 5.52. The van der Waals surface area contributed by atoms with Gasteiger partial charge in [-0.1, -0.05) is 74.0 Å². The van der Waals surface area contributed by atoms with Gasteiger partial charge in [-0.15, -0.1) is 0 Å². The molecular weight excluding hydrogens is 376 g/mol. The zero-order valence-electron chi connectivity index (χ0n) is 20.4. The van der Waals surface area contributed by atoms with E-state index in [1.165, 1.54) is 5.57 Å². The van der Waals surface area contributed by atoms with Gasteiger partial charge < -0.3 is 9.53 Å². The molecule has 0 heterocycles. The number of allylic oxidation sites excluding steroid dienone is 1. The highest BCUT2D eigenvalue weighted by Crippen LogP contribution is 2.73. The quantitative estimate of drug-likeness (QED) is 0.370. The fourth-order valence-corrected chi connectivity index (χ4v) is 14.0. The number of carboxylic acid groups (broad SMARTS) is 1. The second kappa shape index (κ2) is 6.95. The predicted octanol–water partition coefficient (Wildman–Crippen LogP) is 7.04. The Bertz CT molecular complexity index is 685. The van der Waals surface area contributed by atoms with Crippen LogP contribution in [0.5, 0.6) is 0 Å². The van der Waals surface area contributed by atoms with Gasteiger partial charge >= 0.3 is 5.97 Å². The maximum absolute atomic E-state index is 12.5. The Balaban J connectivity index is 2.24. The van der Waals surface area contributed by atoms with Crippen LogP contribution in [-0.2, 0) is 9.22 Å². The number of hydrogen-bond donors (Lipinski definition) is 1. The van der Waals surface area contributed by atoms with Gasteiger partial charge in [0.05, 0.1) is 11.5 Å². The summed E-state index contributed by atoms with van der Waals surface area (Å²) in [6, 6.07) is 0. The summed E-state index contributed by atoms with van der Waals surface area (Å²) in [5, 5.41) is 10.3. The predicted molar refractivity (Wildman–Crippen MR) is 122 cm³/mol. The zero-order valence-corrected chi connectivity index (χ0v) is 21.4. The van der Waals surface area contributed by atoms with Crippen molar-refractivity contribution < 1.29 is 14.3 Å². The van der Waals surface area contributed by atoms with Crippen molar-refractivity contribution in [3.8, 4) is 0 Å². The lowest BCUT2D eigenvalue weighted by molar-refractivity contribution is -0.244. The number of aliphatic carboxylic acids is 1. The number of carboxylic acids is 1. The van der Waals surface area contributed by atoms with Gasteiger partial charge in [-0.3, -0.25) is 4.79 Å². The minimum atomic E-state index is -2.23. The number of rotatable bonds is 6. The van der Waals surface area contributed by atoms with Gasteiger partial charge in [0.25, 0.3) is 0 Å². The van der Waals surface area contributed by atoms with E-state index in [4.69, 9.17) is 4.43 Å². The van der Waals surface area contributed by atoms with Crippen molar-refractivity contribution in [3.63, 3.8) is 0 Å². The zero-order chi connectivity index (χ0) is 22.2. The summed E-state index contributed by atoms with van der Waals surface area (Å²) in [4.78, 5) is 12.5. The van der Waals surface area contributed by atoms with Gasteiger partial charge in [0.2, 0.25) is 8.32 Å². The van der Waals surface area contributed by atoms with Crippen molar-refractivity contribution in [3.05, 3.63) is 11.6 Å². The molecule has 1 N–H and O–H groups in total. The van der Waals surface area contributed by atoms with Crippen molar-refractivity contribution in [2.45, 2.75) is 111 Å². The van der Waals surface area contributed by atoms with Crippen LogP contribution in [0, 0.1) is 28.6 Å². The Morgan fingerprint density at radius 3 is 2.00 bits per heavy atom. The monoisotopic (exact) mass is 420 g/mol. The second-order valence-corrected chi connectivity index (χ2v) is 17.7. The highest BCUT2D eigenvalue weighted by Gasteiger charge is 2.76. The van der Waals surface area contributed by atoms with Crippen LogP contribution in [0.25, 0.3) is 0 Å². The lowest BCUT2D eigenvalue weighted by Gasteiger charge is -2.70. The van der Waals surface area contributed by atoms with Crippen LogP contribution in [0.15, 0.2) is 11.6 Å². The maximum atomic E-state index is 12.5. The third-order valence-corrected chi connectivity index (χ3v) is 15.4. The Hall–Kier alpha value is -0.613. The average molecular weight is 421 g/mol. The molecule has 2 saturated carbocycles. The summed E-state index contributed by atoms with van der Waals surface area (Å²) in [5.74, 6) is -0.427. The molecule has 4 aliphatic rings. The summed E-state index contributed by atoms with van der Waals surface area (Å²) >= 11 is 0. The largest absolute Gasteiger partial charge is 0.481 e. The van der Waals surface area contributed by atoms with Crippen molar-refractivity contribution in [1.29, 1.82) is 0 Å². The Labute approximate surface area is 179 Å². The smallest absolute Gasteiger partial charge is 0.309 e. The highest BCUT2D eigenvalue weighted by molar-refractivity contribution is 6.77. The molecule has 0 saturated heterocycles. The average Bonchev–Trinajstić information content (AvgIpc) is 2.69. The van der Waals surface area contributed by atoms with E-state index in [0.717, 1.165) is 19.3 Å². The van der Waals surface area contributed by atoms with Gasteiger partial charge in [-0.05, 0) is 54.1 Å². The molecular formula is C25H44O3Si. The molecule has 3 nitrogen and oxygen atoms in total. The van der Waals surface area contributed by atoms with Gasteiger partial charge in [-0.2, -0.15) is 0 Å². The molecule has 0 aliphatic heterocycles. The molecule has 0 radical (unpaired) electrons. The molecule has 1 unspecified atom stereocenters. The van der Waals surface area contributed by atoms with Crippen molar-refractivity contribution in [2.75, 3.05) is 0 Å². The van der Waals surface area contributed by atoms with Gasteiger partial charge in [-0.25, -0.2) is 0 Å². The molecule has 2 fully saturated rings. The van der Waals surface area contributed by atoms with Crippen molar-refractivity contribution >= 4 is 14.3 Å². The molecule has 0 aromatic rings. The van der Waals surface area contributed by atoms with E-state index in [1.54, 1.807) is 0 Å². The van der Waals surface area contributed by atoms with Crippen LogP contribution in [-0.4, -0.2) is 25.0 Å². The lowest BCUT2D eigenvalue weighted by atomic mass is 9.41. The third kappa shape index (κ3) is 2.95. The number of hydrogen-bond acceptors (Lipinski definition) is 2. The Morgan fingerprint density at radius 2 is 1.55 bits per heavy atom. The summed E-state index contributed by atoms with van der Waals surface area (Å²) in [6.07, 6.45) is 5.35. The second-order valence-electron chi connectivity index (χ2n) is 12.4. The van der Waals surface area contributed by atoms with E-state index in [-0.39, 0.29) is 22.7 Å². The molecule has 5 atom stereocenters. The number of fused-ring (bicyclic) bond motifs is 2. The van der Waals surface area contributed by atoms with Crippen LogP contribution < -0.4 is 0 Å². The standard InChI is InChI=1S/C25H44O3Si/c1-15(2)29(16(3)4,17(5)6)28-25-19-11-18(7)20(13-23(8,9)12-19)24(25,10)14-21(25)22(26)27/h11,15-17,19-21H,12-14H2,1-10H3,(H,26,27)/t19-,20-,21?,24+,25-/m1/s1. The normalized spacial score (nSPS) is 38.7. The van der Waals surface area contributed by atoms with Crippen LogP contribution in [0.4, 0.5) is 0 Å². The van der Waals surface area contributed by atoms with Crippen LogP contribution in [0.3, 0.4) is 0 Å². The summed E-state index contributed by atoms with van der Waals surface area (Å²) in [6.45, 7) is 23.3. The minimum Gasteiger partial charge on any atom is -0.481 e. The molecule has 166 valence electrons. The van der Waals surface area contributed by atoms with Crippen molar-refractivity contribution in [1.82, 2.24) is 0 Å². The SMILES string of the molecule is CC1=C[C@@H]2CC(C)(C)C[C@H]1[C@]1(C)CC(C(=O)O)[C@]21O[Si](C(C)C)(C(C)C)C(C)C. The molecule has 4 rings (SSSR count). The molecule has 0 amide bonds. The molecule has 29 heavy (non-hydrogen) atoms. The van der Waals surface area contributed by atoms with E-state index in [0.29, 0.717) is 22.5 Å². The highest BCUT2D eigenvalue weighted by atomic mass is 28.4. The summed E-state index contributed by atoms with van der Waals surface area (Å²) in [7, 11) is -2.23. The Morgan fingerprint density at radius 1 is 1.03 bits per heavy atom. The molecule has 4 heteroatoms. The molecule has 4 aliphatic carbocycles. The van der Waals surface area contributed by atoms with Crippen molar-refractivity contribution in [2.24, 2.45) is 28.6 Å². The van der Waals surface area contributed by atoms with Gasteiger partial charge in [0.15, 0.2) is 0 Å².